The summed E-state index contributed by atoms with van der Waals surface area (Å²) in [6.07, 6.45) is 6.99. The van der Waals surface area contributed by atoms with Crippen molar-refractivity contribution in [3.8, 4) is 5.95 Å². The summed E-state index contributed by atoms with van der Waals surface area (Å²) in [6, 6.07) is 5.55. The number of aromatic amines is 1. The molecule has 5 rings (SSSR count). The van der Waals surface area contributed by atoms with Gasteiger partial charge in [-0.05, 0) is 31.0 Å². The third-order valence-electron chi connectivity index (χ3n) is 5.18. The minimum Gasteiger partial charge on any atom is -0.302 e. The molecule has 27 heavy (non-hydrogen) atoms. The molecule has 0 atom stereocenters. The van der Waals surface area contributed by atoms with E-state index in [1.807, 2.05) is 6.07 Å². The zero-order chi connectivity index (χ0) is 18.5. The lowest BCUT2D eigenvalue weighted by atomic mass is 9.95. The molecule has 0 saturated heterocycles. The first-order chi connectivity index (χ1) is 13.1. The van der Waals surface area contributed by atoms with Crippen LogP contribution in [-0.4, -0.2) is 29.1 Å². The van der Waals surface area contributed by atoms with Gasteiger partial charge in [-0.15, -0.1) is 0 Å². The van der Waals surface area contributed by atoms with Gasteiger partial charge in [-0.25, -0.2) is 9.78 Å². The number of imidazole rings is 2. The smallest absolute Gasteiger partial charge is 0.302 e. The molecule has 0 radical (unpaired) electrons. The third-order valence-corrected chi connectivity index (χ3v) is 5.69. The molecule has 1 fully saturated rings. The van der Waals surface area contributed by atoms with Crippen LogP contribution in [-0.2, 0) is 0 Å². The fraction of sp³-hybridized carbons (Fsp3) is 0.333. The Labute approximate surface area is 164 Å². The highest BCUT2D eigenvalue weighted by Crippen LogP contribution is 2.30. The van der Waals surface area contributed by atoms with Crippen LogP contribution in [0.4, 0.5) is 0 Å². The first-order valence-electron chi connectivity index (χ1n) is 8.92. The van der Waals surface area contributed by atoms with E-state index < -0.39 is 0 Å². The second-order valence-electron chi connectivity index (χ2n) is 6.85. The molecule has 0 bridgehead atoms. The normalized spacial score (nSPS) is 15.8. The van der Waals surface area contributed by atoms with Crippen LogP contribution in [0, 0.1) is 0 Å². The molecular weight excluding hydrogens is 387 g/mol. The minimum absolute atomic E-state index is 0.132. The first kappa shape index (κ1) is 16.8. The molecule has 1 aromatic carbocycles. The minimum atomic E-state index is -0.191. The fourth-order valence-corrected chi connectivity index (χ4v) is 4.26. The molecule has 3 aromatic heterocycles. The van der Waals surface area contributed by atoms with E-state index >= 15 is 0 Å². The van der Waals surface area contributed by atoms with Crippen LogP contribution in [0.25, 0.3) is 28.1 Å². The summed E-state index contributed by atoms with van der Waals surface area (Å²) in [6.45, 7) is 0. The van der Waals surface area contributed by atoms with Gasteiger partial charge >= 0.3 is 5.69 Å². The number of benzene rings is 1. The number of nitrogens with one attached hydrogen (secondary N) is 1. The van der Waals surface area contributed by atoms with Crippen LogP contribution >= 0.6 is 23.2 Å². The molecule has 0 spiro atoms. The monoisotopic (exact) mass is 402 g/mol. The van der Waals surface area contributed by atoms with Crippen LogP contribution < -0.4 is 5.69 Å². The summed E-state index contributed by atoms with van der Waals surface area (Å²) in [5.41, 5.74) is 2.37. The lowest BCUT2D eigenvalue weighted by molar-refractivity contribution is 0.352. The van der Waals surface area contributed by atoms with E-state index in [1.165, 1.54) is 6.42 Å². The lowest BCUT2D eigenvalue weighted by Crippen LogP contribution is -2.24. The Morgan fingerprint density at radius 1 is 1.11 bits per heavy atom. The van der Waals surface area contributed by atoms with E-state index in [1.54, 1.807) is 27.6 Å². The Balaban J connectivity index is 1.74. The maximum absolute atomic E-state index is 12.6. The van der Waals surface area contributed by atoms with Crippen LogP contribution in [0.5, 0.6) is 0 Å². The van der Waals surface area contributed by atoms with Gasteiger partial charge in [0.25, 0.3) is 0 Å². The average molecular weight is 403 g/mol. The Kier molecular flexibility index (Phi) is 3.94. The maximum atomic E-state index is 12.6. The quantitative estimate of drug-likeness (QED) is 0.507. The van der Waals surface area contributed by atoms with Crippen molar-refractivity contribution < 1.29 is 0 Å². The SMILES string of the molecule is O=c1[nH]c2c(Cl)nc(-n3cnc4ccc(Cl)cc43)nc2n1C1CCCCC1. The summed E-state index contributed by atoms with van der Waals surface area (Å²) in [4.78, 5) is 28.8. The van der Waals surface area contributed by atoms with Gasteiger partial charge in [0.2, 0.25) is 5.95 Å². The van der Waals surface area contributed by atoms with E-state index in [4.69, 9.17) is 23.2 Å². The van der Waals surface area contributed by atoms with Gasteiger partial charge in [0.05, 0.1) is 11.0 Å². The molecule has 1 N–H and O–H groups in total. The topological polar surface area (TPSA) is 81.4 Å². The van der Waals surface area contributed by atoms with Crippen molar-refractivity contribution in [3.63, 3.8) is 0 Å². The highest BCUT2D eigenvalue weighted by molar-refractivity contribution is 6.33. The van der Waals surface area contributed by atoms with E-state index in [9.17, 15) is 4.79 Å². The Bertz CT molecular complexity index is 1220. The van der Waals surface area contributed by atoms with Crippen LogP contribution in [0.3, 0.4) is 0 Å². The van der Waals surface area contributed by atoms with Crippen molar-refractivity contribution in [2.75, 3.05) is 0 Å². The van der Waals surface area contributed by atoms with Crippen LogP contribution in [0.1, 0.15) is 38.1 Å². The van der Waals surface area contributed by atoms with E-state index in [0.717, 1.165) is 36.7 Å². The standard InChI is InChI=1S/C18H16Cl2N6O/c19-10-6-7-12-13(8-10)25(9-21-12)17-23-15(20)14-16(24-17)26(18(27)22-14)11-4-2-1-3-5-11/h6-9,11H,1-5H2,(H,22,27). The number of H-pyrrole nitrogens is 1. The van der Waals surface area contributed by atoms with Crippen molar-refractivity contribution in [2.45, 2.75) is 38.1 Å². The fourth-order valence-electron chi connectivity index (χ4n) is 3.88. The Hall–Kier alpha value is -2.38. The summed E-state index contributed by atoms with van der Waals surface area (Å²) in [7, 11) is 0. The van der Waals surface area contributed by atoms with Crippen molar-refractivity contribution >= 4 is 45.4 Å². The van der Waals surface area contributed by atoms with Gasteiger partial charge < -0.3 is 4.98 Å². The summed E-state index contributed by atoms with van der Waals surface area (Å²) >= 11 is 12.5. The zero-order valence-corrected chi connectivity index (χ0v) is 15.8. The van der Waals surface area contributed by atoms with Gasteiger partial charge in [0.1, 0.15) is 11.8 Å². The Morgan fingerprint density at radius 3 is 2.74 bits per heavy atom. The van der Waals surface area contributed by atoms with Crippen LogP contribution in [0.15, 0.2) is 29.3 Å². The van der Waals surface area contributed by atoms with Crippen molar-refractivity contribution in [1.29, 1.82) is 0 Å². The largest absolute Gasteiger partial charge is 0.328 e. The van der Waals surface area contributed by atoms with Crippen molar-refractivity contribution in [3.05, 3.63) is 45.2 Å². The first-order valence-corrected chi connectivity index (χ1v) is 9.68. The highest BCUT2D eigenvalue weighted by atomic mass is 35.5. The molecule has 4 aromatic rings. The van der Waals surface area contributed by atoms with Gasteiger partial charge in [-0.3, -0.25) is 9.13 Å². The van der Waals surface area contributed by atoms with Gasteiger partial charge in [-0.2, -0.15) is 9.97 Å². The molecule has 0 amide bonds. The Morgan fingerprint density at radius 2 is 1.93 bits per heavy atom. The van der Waals surface area contributed by atoms with Crippen LogP contribution in [0.2, 0.25) is 10.2 Å². The third kappa shape index (κ3) is 2.73. The summed E-state index contributed by atoms with van der Waals surface area (Å²) < 4.78 is 3.47. The number of fused-ring (bicyclic) bond motifs is 2. The highest BCUT2D eigenvalue weighted by Gasteiger charge is 2.23. The van der Waals surface area contributed by atoms with Gasteiger partial charge in [-0.1, -0.05) is 42.5 Å². The van der Waals surface area contributed by atoms with Crippen molar-refractivity contribution in [1.82, 2.24) is 29.1 Å². The maximum Gasteiger partial charge on any atom is 0.328 e. The molecule has 138 valence electrons. The number of aromatic nitrogens is 6. The molecule has 1 aliphatic rings. The number of nitrogens with zero attached hydrogens (tertiary/aromatic N) is 5. The second kappa shape index (κ2) is 6.35. The number of hydrogen-bond acceptors (Lipinski definition) is 4. The van der Waals surface area contributed by atoms with E-state index in [-0.39, 0.29) is 16.9 Å². The number of rotatable bonds is 2. The molecule has 9 heteroatoms. The molecule has 1 saturated carbocycles. The van der Waals surface area contributed by atoms with Gasteiger partial charge in [0.15, 0.2) is 10.8 Å². The zero-order valence-electron chi connectivity index (χ0n) is 14.3. The lowest BCUT2D eigenvalue weighted by Gasteiger charge is -2.22. The molecule has 1 aliphatic carbocycles. The predicted octanol–water partition coefficient (Wildman–Crippen LogP) is 4.27. The van der Waals surface area contributed by atoms with E-state index in [0.29, 0.717) is 22.1 Å². The summed E-state index contributed by atoms with van der Waals surface area (Å²) in [5.74, 6) is 0.362. The molecule has 0 unspecified atom stereocenters. The molecule has 7 nitrogen and oxygen atoms in total. The average Bonchev–Trinajstić information content (AvgIpc) is 3.22. The second-order valence-corrected chi connectivity index (χ2v) is 7.65. The molecule has 0 aliphatic heterocycles. The molecule has 3 heterocycles. The van der Waals surface area contributed by atoms with E-state index in [2.05, 4.69) is 19.9 Å². The predicted molar refractivity (Wildman–Crippen MR) is 105 cm³/mol. The number of halogens is 2. The molecular formula is C18H16Cl2N6O. The summed E-state index contributed by atoms with van der Waals surface area (Å²) in [5, 5.41) is 0.808. The number of hydrogen-bond donors (Lipinski definition) is 1. The van der Waals surface area contributed by atoms with Crippen molar-refractivity contribution in [2.24, 2.45) is 0 Å². The van der Waals surface area contributed by atoms with Gasteiger partial charge in [0, 0.05) is 11.1 Å².